The van der Waals surface area contributed by atoms with Crippen LogP contribution in [0.4, 0.5) is 0 Å². The van der Waals surface area contributed by atoms with Crippen molar-refractivity contribution in [2.24, 2.45) is 5.92 Å². The highest BCUT2D eigenvalue weighted by molar-refractivity contribution is 5.96. The summed E-state index contributed by atoms with van der Waals surface area (Å²) in [5, 5.41) is 3.88. The molecule has 0 spiro atoms. The molecule has 17 heavy (non-hydrogen) atoms. The van der Waals surface area contributed by atoms with Crippen molar-refractivity contribution in [3.8, 4) is 0 Å². The first-order chi connectivity index (χ1) is 8.08. The van der Waals surface area contributed by atoms with Crippen molar-refractivity contribution >= 4 is 16.9 Å². The van der Waals surface area contributed by atoms with Crippen LogP contribution in [0.3, 0.4) is 0 Å². The number of nitrogens with one attached hydrogen (secondary N) is 1. The fourth-order valence-corrected chi connectivity index (χ4v) is 1.54. The molecule has 1 unspecified atom stereocenters. The van der Waals surface area contributed by atoms with Gasteiger partial charge in [-0.2, -0.15) is 0 Å². The number of para-hydroxylation sites is 1. The lowest BCUT2D eigenvalue weighted by Gasteiger charge is -2.16. The molecule has 0 saturated carbocycles. The zero-order valence-corrected chi connectivity index (χ0v) is 10.4. The van der Waals surface area contributed by atoms with E-state index in [-0.39, 0.29) is 11.9 Å². The molecule has 2 rings (SSSR count). The van der Waals surface area contributed by atoms with E-state index in [0.717, 1.165) is 11.0 Å². The van der Waals surface area contributed by atoms with Gasteiger partial charge in [-0.25, -0.2) is 0 Å². The molecule has 0 aliphatic rings. The van der Waals surface area contributed by atoms with E-state index < -0.39 is 0 Å². The van der Waals surface area contributed by atoms with Crippen LogP contribution >= 0.6 is 0 Å². The summed E-state index contributed by atoms with van der Waals surface area (Å²) in [5.41, 5.74) is 0.745. The molecule has 1 heterocycles. The SMILES string of the molecule is CC(C)C(C)NC(=O)c1cc2ccccc2o1. The minimum atomic E-state index is -0.151. The first kappa shape index (κ1) is 11.7. The topological polar surface area (TPSA) is 42.2 Å². The Morgan fingerprint density at radius 3 is 2.59 bits per heavy atom. The number of carbonyl (C=O) groups is 1. The lowest BCUT2D eigenvalue weighted by molar-refractivity contribution is 0.0904. The Morgan fingerprint density at radius 2 is 1.94 bits per heavy atom. The Morgan fingerprint density at radius 1 is 1.24 bits per heavy atom. The van der Waals surface area contributed by atoms with Crippen LogP contribution < -0.4 is 5.32 Å². The third kappa shape index (κ3) is 2.49. The van der Waals surface area contributed by atoms with Crippen molar-refractivity contribution in [1.82, 2.24) is 5.32 Å². The van der Waals surface area contributed by atoms with Gasteiger partial charge in [0.05, 0.1) is 0 Å². The van der Waals surface area contributed by atoms with E-state index in [1.807, 2.05) is 31.2 Å². The van der Waals surface area contributed by atoms with Gasteiger partial charge < -0.3 is 9.73 Å². The van der Waals surface area contributed by atoms with Gasteiger partial charge in [0.1, 0.15) is 5.58 Å². The number of hydrogen-bond donors (Lipinski definition) is 1. The Kier molecular flexibility index (Phi) is 3.18. The Hall–Kier alpha value is -1.77. The Balaban J connectivity index is 2.19. The maximum Gasteiger partial charge on any atom is 0.287 e. The first-order valence-corrected chi connectivity index (χ1v) is 5.87. The second-order valence-electron chi connectivity index (χ2n) is 4.65. The molecule has 0 saturated heterocycles. The second-order valence-corrected chi connectivity index (χ2v) is 4.65. The van der Waals surface area contributed by atoms with Gasteiger partial charge in [-0.1, -0.05) is 32.0 Å². The molecule has 3 heteroatoms. The molecule has 1 aromatic heterocycles. The quantitative estimate of drug-likeness (QED) is 0.881. The van der Waals surface area contributed by atoms with Crippen molar-refractivity contribution in [1.29, 1.82) is 0 Å². The Labute approximate surface area is 101 Å². The normalized spacial score (nSPS) is 12.9. The molecule has 0 aliphatic heterocycles. The van der Waals surface area contributed by atoms with Crippen molar-refractivity contribution in [2.45, 2.75) is 26.8 Å². The lowest BCUT2D eigenvalue weighted by atomic mass is 10.1. The molecule has 3 nitrogen and oxygen atoms in total. The minimum Gasteiger partial charge on any atom is -0.451 e. The molecule has 1 amide bonds. The highest BCUT2D eigenvalue weighted by atomic mass is 16.3. The van der Waals surface area contributed by atoms with E-state index in [1.165, 1.54) is 0 Å². The monoisotopic (exact) mass is 231 g/mol. The van der Waals surface area contributed by atoms with Crippen LogP contribution in [-0.4, -0.2) is 11.9 Å². The van der Waals surface area contributed by atoms with Gasteiger partial charge in [0.2, 0.25) is 0 Å². The van der Waals surface area contributed by atoms with Crippen molar-refractivity contribution in [3.05, 3.63) is 36.1 Å². The summed E-state index contributed by atoms with van der Waals surface area (Å²) in [6, 6.07) is 9.52. The molecule has 1 atom stereocenters. The Bertz CT molecular complexity index is 495. The zero-order chi connectivity index (χ0) is 12.4. The van der Waals surface area contributed by atoms with E-state index in [0.29, 0.717) is 11.7 Å². The lowest BCUT2D eigenvalue weighted by Crippen LogP contribution is -2.35. The minimum absolute atomic E-state index is 0.135. The smallest absolute Gasteiger partial charge is 0.287 e. The van der Waals surface area contributed by atoms with E-state index in [1.54, 1.807) is 6.07 Å². The van der Waals surface area contributed by atoms with Crippen LogP contribution in [0.25, 0.3) is 11.0 Å². The number of amides is 1. The maximum absolute atomic E-state index is 11.9. The van der Waals surface area contributed by atoms with Gasteiger partial charge >= 0.3 is 0 Å². The number of rotatable bonds is 3. The number of carbonyl (C=O) groups excluding carboxylic acids is 1. The van der Waals surface area contributed by atoms with E-state index >= 15 is 0 Å². The van der Waals surface area contributed by atoms with E-state index in [2.05, 4.69) is 19.2 Å². The van der Waals surface area contributed by atoms with Crippen LogP contribution in [0.5, 0.6) is 0 Å². The fraction of sp³-hybridized carbons (Fsp3) is 0.357. The predicted octanol–water partition coefficient (Wildman–Crippen LogP) is 3.21. The van der Waals surface area contributed by atoms with Crippen LogP contribution in [0.15, 0.2) is 34.7 Å². The van der Waals surface area contributed by atoms with E-state index in [9.17, 15) is 4.79 Å². The molecule has 0 fully saturated rings. The number of benzene rings is 1. The highest BCUT2D eigenvalue weighted by Gasteiger charge is 2.15. The van der Waals surface area contributed by atoms with Gasteiger partial charge in [-0.3, -0.25) is 4.79 Å². The number of hydrogen-bond acceptors (Lipinski definition) is 2. The standard InChI is InChI=1S/C14H17NO2/c1-9(2)10(3)15-14(16)13-8-11-6-4-5-7-12(11)17-13/h4-10H,1-3H3,(H,15,16). The van der Waals surface area contributed by atoms with Crippen LogP contribution in [0.1, 0.15) is 31.3 Å². The molecule has 0 bridgehead atoms. The number of furan rings is 1. The summed E-state index contributed by atoms with van der Waals surface area (Å²) in [5.74, 6) is 0.629. The summed E-state index contributed by atoms with van der Waals surface area (Å²) in [4.78, 5) is 11.9. The highest BCUT2D eigenvalue weighted by Crippen LogP contribution is 2.18. The molecule has 1 aromatic carbocycles. The van der Waals surface area contributed by atoms with E-state index in [4.69, 9.17) is 4.42 Å². The third-order valence-electron chi connectivity index (χ3n) is 3.01. The van der Waals surface area contributed by atoms with Gasteiger partial charge in [0.15, 0.2) is 5.76 Å². The van der Waals surface area contributed by atoms with Crippen LogP contribution in [0, 0.1) is 5.92 Å². The molecule has 0 radical (unpaired) electrons. The van der Waals surface area contributed by atoms with Gasteiger partial charge in [0, 0.05) is 11.4 Å². The van der Waals surface area contributed by atoms with Crippen molar-refractivity contribution in [2.75, 3.05) is 0 Å². The molecular formula is C14H17NO2. The summed E-state index contributed by atoms with van der Waals surface area (Å²) in [7, 11) is 0. The van der Waals surface area contributed by atoms with Gasteiger partial charge in [0.25, 0.3) is 5.91 Å². The van der Waals surface area contributed by atoms with Gasteiger partial charge in [-0.15, -0.1) is 0 Å². The summed E-state index contributed by atoms with van der Waals surface area (Å²) in [6.07, 6.45) is 0. The van der Waals surface area contributed by atoms with Gasteiger partial charge in [-0.05, 0) is 25.0 Å². The molecular weight excluding hydrogens is 214 g/mol. The second kappa shape index (κ2) is 4.62. The maximum atomic E-state index is 11.9. The largest absolute Gasteiger partial charge is 0.451 e. The fourth-order valence-electron chi connectivity index (χ4n) is 1.54. The molecule has 2 aromatic rings. The van der Waals surface area contributed by atoms with Crippen molar-refractivity contribution < 1.29 is 9.21 Å². The molecule has 90 valence electrons. The number of fused-ring (bicyclic) bond motifs is 1. The average molecular weight is 231 g/mol. The molecule has 1 N–H and O–H groups in total. The van der Waals surface area contributed by atoms with Crippen molar-refractivity contribution in [3.63, 3.8) is 0 Å². The van der Waals surface area contributed by atoms with Crippen LogP contribution in [-0.2, 0) is 0 Å². The summed E-state index contributed by atoms with van der Waals surface area (Å²) >= 11 is 0. The summed E-state index contributed by atoms with van der Waals surface area (Å²) in [6.45, 7) is 6.14. The van der Waals surface area contributed by atoms with Crippen LogP contribution in [0.2, 0.25) is 0 Å². The molecule has 0 aliphatic carbocycles. The zero-order valence-electron chi connectivity index (χ0n) is 10.4. The third-order valence-corrected chi connectivity index (χ3v) is 3.01. The average Bonchev–Trinajstić information content (AvgIpc) is 2.72. The predicted molar refractivity (Wildman–Crippen MR) is 68.0 cm³/mol. The first-order valence-electron chi connectivity index (χ1n) is 5.87. The summed E-state index contributed by atoms with van der Waals surface area (Å²) < 4.78 is 5.50.